The third-order valence-electron chi connectivity index (χ3n) is 7.88. The van der Waals surface area contributed by atoms with Crippen LogP contribution in [-0.2, 0) is 25.3 Å². The smallest absolute Gasteiger partial charge is 0.428 e. The number of amides is 3. The Balaban J connectivity index is 1.25. The highest BCUT2D eigenvalue weighted by Crippen LogP contribution is 2.38. The molecule has 6 rings (SSSR count). The molecule has 0 bridgehead atoms. The van der Waals surface area contributed by atoms with Crippen LogP contribution in [0.1, 0.15) is 63.1 Å². The van der Waals surface area contributed by atoms with Crippen molar-refractivity contribution in [2.24, 2.45) is 0 Å². The Labute approximate surface area is 279 Å². The van der Waals surface area contributed by atoms with Gasteiger partial charge in [0.1, 0.15) is 17.6 Å². The Morgan fingerprint density at radius 1 is 0.959 bits per heavy atom. The van der Waals surface area contributed by atoms with E-state index in [-0.39, 0.29) is 47.6 Å². The van der Waals surface area contributed by atoms with E-state index in [0.29, 0.717) is 33.3 Å². The second-order valence-electron chi connectivity index (χ2n) is 11.8. The zero-order chi connectivity index (χ0) is 34.9. The van der Waals surface area contributed by atoms with Gasteiger partial charge in [0.25, 0.3) is 11.8 Å². The maximum atomic E-state index is 13.9. The summed E-state index contributed by atoms with van der Waals surface area (Å²) in [5, 5.41) is 10.1. The van der Waals surface area contributed by atoms with Crippen molar-refractivity contribution in [3.05, 3.63) is 82.8 Å². The topological polar surface area (TPSA) is 211 Å². The number of carbonyl (C=O) groups is 4. The van der Waals surface area contributed by atoms with Gasteiger partial charge in [-0.3, -0.25) is 24.2 Å². The highest BCUT2D eigenvalue weighted by atomic mass is 31.2. The molecule has 4 aromatic rings. The van der Waals surface area contributed by atoms with Crippen molar-refractivity contribution in [1.29, 1.82) is 0 Å². The molecular formula is C32H33N6O10P. The fraction of sp³-hybridized carbons (Fsp3) is 0.312. The molecule has 0 saturated heterocycles. The van der Waals surface area contributed by atoms with Crippen LogP contribution in [0.3, 0.4) is 0 Å². The maximum Gasteiger partial charge on any atom is 0.524 e. The van der Waals surface area contributed by atoms with Gasteiger partial charge in [0.2, 0.25) is 6.79 Å². The second-order valence-corrected chi connectivity index (χ2v) is 13.0. The van der Waals surface area contributed by atoms with E-state index in [1.165, 1.54) is 41.2 Å². The van der Waals surface area contributed by atoms with E-state index in [2.05, 4.69) is 25.2 Å². The molecule has 0 aliphatic heterocycles. The van der Waals surface area contributed by atoms with Crippen molar-refractivity contribution in [2.75, 3.05) is 11.7 Å². The summed E-state index contributed by atoms with van der Waals surface area (Å²) in [6, 6.07) is 10.5. The first-order chi connectivity index (χ1) is 23.4. The van der Waals surface area contributed by atoms with Gasteiger partial charge in [-0.15, -0.1) is 0 Å². The molecule has 17 heteroatoms. The van der Waals surface area contributed by atoms with Gasteiger partial charge >= 0.3 is 19.9 Å². The number of anilines is 2. The van der Waals surface area contributed by atoms with Gasteiger partial charge in [0.15, 0.2) is 5.82 Å². The molecule has 2 heterocycles. The molecular weight excluding hydrogens is 659 g/mol. The van der Waals surface area contributed by atoms with Gasteiger partial charge in [0.05, 0.1) is 17.7 Å². The van der Waals surface area contributed by atoms with Gasteiger partial charge in [-0.05, 0) is 80.5 Å². The molecule has 4 N–H and O–H groups in total. The van der Waals surface area contributed by atoms with Crippen molar-refractivity contribution < 1.29 is 47.5 Å². The van der Waals surface area contributed by atoms with Crippen LogP contribution in [0.4, 0.5) is 16.3 Å². The third-order valence-corrected chi connectivity index (χ3v) is 8.33. The average Bonchev–Trinajstić information content (AvgIpc) is 3.99. The number of aromatic nitrogens is 3. The molecule has 2 aromatic heterocycles. The van der Waals surface area contributed by atoms with E-state index in [9.17, 15) is 23.7 Å². The van der Waals surface area contributed by atoms with Gasteiger partial charge in [-0.25, -0.2) is 23.8 Å². The van der Waals surface area contributed by atoms with Crippen LogP contribution < -0.4 is 20.1 Å². The van der Waals surface area contributed by atoms with Crippen molar-refractivity contribution in [3.63, 3.8) is 0 Å². The number of aryl methyl sites for hydroxylation is 2. The largest absolute Gasteiger partial charge is 0.524 e. The number of fused-ring (bicyclic) bond motifs is 1. The lowest BCUT2D eigenvalue weighted by atomic mass is 10.1. The summed E-state index contributed by atoms with van der Waals surface area (Å²) in [6.07, 6.45) is 5.13. The summed E-state index contributed by atoms with van der Waals surface area (Å²) in [5.74, 6) is -1.36. The minimum Gasteiger partial charge on any atom is -0.428 e. The van der Waals surface area contributed by atoms with Crippen molar-refractivity contribution >= 4 is 48.7 Å². The summed E-state index contributed by atoms with van der Waals surface area (Å²) in [4.78, 5) is 75.9. The number of rotatable bonds is 12. The SMILES string of the molecule is Cc1ccc(C(=O)NC2CC2)cc1N(C(=O)OCOC(=O)Cc1ccc(OP(=O)(O)O)cc1)c1ncnn2cc(C(=O)NC3CC3)c(C)c12. The fourth-order valence-electron chi connectivity index (χ4n) is 5.05. The quantitative estimate of drug-likeness (QED) is 0.0953. The number of esters is 1. The molecule has 2 saturated carbocycles. The van der Waals surface area contributed by atoms with Gasteiger partial charge < -0.3 is 24.6 Å². The standard InChI is InChI=1S/C32H33N6O10P/c1-18-3-6-21(30(40)35-22-7-8-22)14-26(18)38(29-28-19(2)25(15-37(28)34-16-33-29)31(41)36-23-9-10-23)32(42)47-17-46-27(39)13-20-4-11-24(12-5-20)48-49(43,44)45/h3-6,11-12,14-16,22-23H,7-10,13,17H2,1-2H3,(H,35,40)(H,36,41)(H2,43,44,45). The van der Waals surface area contributed by atoms with E-state index in [0.717, 1.165) is 30.6 Å². The highest BCUT2D eigenvalue weighted by Gasteiger charge is 2.31. The lowest BCUT2D eigenvalue weighted by Gasteiger charge is -2.24. The molecule has 2 aliphatic rings. The Hall–Kier alpha value is -5.31. The maximum absolute atomic E-state index is 13.9. The van der Waals surface area contributed by atoms with Crippen LogP contribution in [0.2, 0.25) is 0 Å². The van der Waals surface area contributed by atoms with Crippen LogP contribution in [0, 0.1) is 13.8 Å². The minimum atomic E-state index is -4.74. The van der Waals surface area contributed by atoms with E-state index >= 15 is 0 Å². The van der Waals surface area contributed by atoms with Gasteiger partial charge in [0, 0.05) is 23.8 Å². The molecule has 16 nitrogen and oxygen atoms in total. The van der Waals surface area contributed by atoms with Crippen LogP contribution in [0.5, 0.6) is 5.75 Å². The van der Waals surface area contributed by atoms with Crippen molar-refractivity contribution in [1.82, 2.24) is 25.2 Å². The first-order valence-electron chi connectivity index (χ1n) is 15.4. The summed E-state index contributed by atoms with van der Waals surface area (Å²) in [5.41, 5.74) is 2.81. The molecule has 0 spiro atoms. The molecule has 0 atom stereocenters. The molecule has 256 valence electrons. The number of carbonyl (C=O) groups excluding carboxylic acids is 4. The van der Waals surface area contributed by atoms with E-state index in [1.54, 1.807) is 32.2 Å². The number of hydrogen-bond acceptors (Lipinski definition) is 10. The first-order valence-corrected chi connectivity index (χ1v) is 16.9. The summed E-state index contributed by atoms with van der Waals surface area (Å²) in [6.45, 7) is 2.68. The molecule has 2 aliphatic carbocycles. The van der Waals surface area contributed by atoms with Crippen LogP contribution in [0.25, 0.3) is 5.52 Å². The monoisotopic (exact) mass is 692 g/mol. The second kappa shape index (κ2) is 13.7. The normalized spacial score (nSPS) is 14.2. The summed E-state index contributed by atoms with van der Waals surface area (Å²) in [7, 11) is -4.74. The Morgan fingerprint density at radius 2 is 1.63 bits per heavy atom. The minimum absolute atomic E-state index is 0.0646. The first kappa shape index (κ1) is 33.6. The predicted octanol–water partition coefficient (Wildman–Crippen LogP) is 3.62. The van der Waals surface area contributed by atoms with Crippen LogP contribution in [-0.4, -0.2) is 67.1 Å². The van der Waals surface area contributed by atoms with E-state index in [1.807, 2.05) is 0 Å². The van der Waals surface area contributed by atoms with E-state index < -0.39 is 26.7 Å². The lowest BCUT2D eigenvalue weighted by molar-refractivity contribution is -0.150. The zero-order valence-corrected chi connectivity index (χ0v) is 27.4. The highest BCUT2D eigenvalue weighted by molar-refractivity contribution is 7.46. The zero-order valence-electron chi connectivity index (χ0n) is 26.5. The Bertz CT molecular complexity index is 1980. The van der Waals surface area contributed by atoms with Crippen LogP contribution >= 0.6 is 7.82 Å². The Kier molecular flexibility index (Phi) is 9.37. The van der Waals surface area contributed by atoms with Crippen LogP contribution in [0.15, 0.2) is 55.0 Å². The van der Waals surface area contributed by atoms with Gasteiger partial charge in [-0.1, -0.05) is 18.2 Å². The molecule has 0 radical (unpaired) electrons. The number of nitrogens with one attached hydrogen (secondary N) is 2. The van der Waals surface area contributed by atoms with Gasteiger partial charge in [-0.2, -0.15) is 5.10 Å². The molecule has 2 aromatic carbocycles. The molecule has 3 amide bonds. The average molecular weight is 693 g/mol. The third kappa shape index (κ3) is 8.23. The fourth-order valence-corrected chi connectivity index (χ4v) is 5.44. The van der Waals surface area contributed by atoms with Crippen molar-refractivity contribution in [3.8, 4) is 5.75 Å². The summed E-state index contributed by atoms with van der Waals surface area (Å²) < 4.78 is 27.5. The number of benzene rings is 2. The predicted molar refractivity (Wildman–Crippen MR) is 172 cm³/mol. The number of phosphoric ester groups is 1. The number of phosphoric acid groups is 1. The molecule has 2 fully saturated rings. The Morgan fingerprint density at radius 3 is 2.29 bits per heavy atom. The molecule has 49 heavy (non-hydrogen) atoms. The van der Waals surface area contributed by atoms with E-state index in [4.69, 9.17) is 19.3 Å². The molecule has 0 unspecified atom stereocenters. The number of nitrogens with zero attached hydrogens (tertiary/aromatic N) is 4. The summed E-state index contributed by atoms with van der Waals surface area (Å²) >= 11 is 0. The number of hydrogen-bond donors (Lipinski definition) is 4. The number of ether oxygens (including phenoxy) is 2. The van der Waals surface area contributed by atoms with Crippen molar-refractivity contribution in [2.45, 2.75) is 58.0 Å². The lowest BCUT2D eigenvalue weighted by Crippen LogP contribution is -2.31.